The molecule has 3 atom stereocenters. The first-order valence-electron chi connectivity index (χ1n) is 7.96. The minimum absolute atomic E-state index is 0.376. The summed E-state index contributed by atoms with van der Waals surface area (Å²) in [6.07, 6.45) is 7.80. The third-order valence-electron chi connectivity index (χ3n) is 5.62. The molecule has 1 aromatic heterocycles. The van der Waals surface area contributed by atoms with Crippen molar-refractivity contribution in [1.82, 2.24) is 9.78 Å². The van der Waals surface area contributed by atoms with E-state index in [2.05, 4.69) is 24.6 Å². The molecule has 3 heteroatoms. The fraction of sp³-hybridized carbons (Fsp3) is 0.812. The van der Waals surface area contributed by atoms with E-state index in [0.717, 1.165) is 37.8 Å². The largest absolute Gasteiger partial charge is 0.330 e. The molecule has 2 bridgehead atoms. The van der Waals surface area contributed by atoms with Gasteiger partial charge in [0.1, 0.15) is 0 Å². The van der Waals surface area contributed by atoms with Crippen molar-refractivity contribution in [2.75, 3.05) is 6.54 Å². The Morgan fingerprint density at radius 3 is 2.79 bits per heavy atom. The van der Waals surface area contributed by atoms with E-state index in [-0.39, 0.29) is 0 Å². The minimum atomic E-state index is 0.376. The van der Waals surface area contributed by atoms with Gasteiger partial charge in [-0.05, 0) is 68.9 Å². The summed E-state index contributed by atoms with van der Waals surface area (Å²) in [5.41, 5.74) is 9.22. The topological polar surface area (TPSA) is 43.8 Å². The van der Waals surface area contributed by atoms with Gasteiger partial charge >= 0.3 is 0 Å². The third kappa shape index (κ3) is 2.12. The number of aromatic nitrogens is 2. The molecular formula is C16H27N3. The monoisotopic (exact) mass is 261 g/mol. The lowest BCUT2D eigenvalue weighted by Gasteiger charge is -2.37. The lowest BCUT2D eigenvalue weighted by atomic mass is 9.70. The predicted octanol–water partition coefficient (Wildman–Crippen LogP) is 2.77. The summed E-state index contributed by atoms with van der Waals surface area (Å²) in [7, 11) is 0. The summed E-state index contributed by atoms with van der Waals surface area (Å²) in [6, 6.07) is 2.31. The van der Waals surface area contributed by atoms with Gasteiger partial charge in [-0.1, -0.05) is 13.3 Å². The second kappa shape index (κ2) is 4.93. The molecular weight excluding hydrogens is 234 g/mol. The molecule has 2 saturated carbocycles. The quantitative estimate of drug-likeness (QED) is 0.885. The molecule has 2 aliphatic carbocycles. The van der Waals surface area contributed by atoms with E-state index in [1.165, 1.54) is 37.1 Å². The summed E-state index contributed by atoms with van der Waals surface area (Å²) in [5.74, 6) is 1.82. The van der Waals surface area contributed by atoms with Crippen LogP contribution in [0.25, 0.3) is 0 Å². The molecule has 3 unspecified atom stereocenters. The molecule has 0 saturated heterocycles. The molecule has 2 fully saturated rings. The first-order valence-corrected chi connectivity index (χ1v) is 7.96. The Balaban J connectivity index is 1.85. The number of hydrogen-bond donors (Lipinski definition) is 1. The summed E-state index contributed by atoms with van der Waals surface area (Å²) in [5, 5.41) is 4.69. The maximum atomic E-state index is 6.20. The normalized spacial score (nSPS) is 33.2. The van der Waals surface area contributed by atoms with Crippen LogP contribution in [0.5, 0.6) is 0 Å². The highest BCUT2D eigenvalue weighted by molar-refractivity contribution is 5.15. The fourth-order valence-electron chi connectivity index (χ4n) is 4.56. The van der Waals surface area contributed by atoms with Crippen LogP contribution < -0.4 is 5.73 Å². The summed E-state index contributed by atoms with van der Waals surface area (Å²) in [4.78, 5) is 0. The van der Waals surface area contributed by atoms with Crippen molar-refractivity contribution in [2.24, 2.45) is 23.0 Å². The second-order valence-corrected chi connectivity index (χ2v) is 6.62. The lowest BCUT2D eigenvalue weighted by molar-refractivity contribution is 0.167. The van der Waals surface area contributed by atoms with Crippen LogP contribution in [-0.4, -0.2) is 16.3 Å². The SMILES string of the molecule is CCc1cc(CC2(CN)CC3CCC2C3)n(CC)n1. The van der Waals surface area contributed by atoms with Gasteiger partial charge in [0, 0.05) is 12.2 Å². The van der Waals surface area contributed by atoms with Crippen LogP contribution in [0.3, 0.4) is 0 Å². The van der Waals surface area contributed by atoms with Crippen molar-refractivity contribution >= 4 is 0 Å². The molecule has 0 aliphatic heterocycles. The molecule has 0 spiro atoms. The zero-order valence-electron chi connectivity index (χ0n) is 12.4. The zero-order valence-corrected chi connectivity index (χ0v) is 12.4. The van der Waals surface area contributed by atoms with Crippen LogP contribution in [0.4, 0.5) is 0 Å². The van der Waals surface area contributed by atoms with Gasteiger partial charge in [-0.3, -0.25) is 4.68 Å². The summed E-state index contributed by atoms with van der Waals surface area (Å²) in [6.45, 7) is 6.20. The van der Waals surface area contributed by atoms with E-state index >= 15 is 0 Å². The molecule has 3 rings (SSSR count). The lowest BCUT2D eigenvalue weighted by Crippen LogP contribution is -2.38. The van der Waals surface area contributed by atoms with Gasteiger partial charge in [0.2, 0.25) is 0 Å². The number of fused-ring (bicyclic) bond motifs is 2. The second-order valence-electron chi connectivity index (χ2n) is 6.62. The minimum Gasteiger partial charge on any atom is -0.330 e. The Morgan fingerprint density at radius 1 is 1.42 bits per heavy atom. The van der Waals surface area contributed by atoms with Gasteiger partial charge in [0.15, 0.2) is 0 Å². The first-order chi connectivity index (χ1) is 9.20. The standard InChI is InChI=1S/C16H27N3/c1-3-14-8-15(19(4-2)18-14)10-16(11-17)9-12-5-6-13(16)7-12/h8,12-13H,3-7,9-11,17H2,1-2H3. The summed E-state index contributed by atoms with van der Waals surface area (Å²) < 4.78 is 2.20. The first kappa shape index (κ1) is 13.2. The molecule has 106 valence electrons. The van der Waals surface area contributed by atoms with Crippen LogP contribution in [0.1, 0.15) is 50.9 Å². The Morgan fingerprint density at radius 2 is 2.26 bits per heavy atom. The predicted molar refractivity (Wildman–Crippen MR) is 77.9 cm³/mol. The highest BCUT2D eigenvalue weighted by Gasteiger charge is 2.50. The van der Waals surface area contributed by atoms with Crippen LogP contribution in [0.2, 0.25) is 0 Å². The van der Waals surface area contributed by atoms with Gasteiger partial charge in [-0.15, -0.1) is 0 Å². The smallest absolute Gasteiger partial charge is 0.0624 e. The maximum absolute atomic E-state index is 6.20. The van der Waals surface area contributed by atoms with Crippen molar-refractivity contribution in [3.63, 3.8) is 0 Å². The van der Waals surface area contributed by atoms with Crippen LogP contribution in [0, 0.1) is 17.3 Å². The van der Waals surface area contributed by atoms with Gasteiger partial charge in [0.05, 0.1) is 5.69 Å². The van der Waals surface area contributed by atoms with Crippen LogP contribution >= 0.6 is 0 Å². The molecule has 0 aromatic carbocycles. The molecule has 2 aliphatic rings. The Labute approximate surface area is 116 Å². The van der Waals surface area contributed by atoms with Crippen molar-refractivity contribution in [3.05, 3.63) is 17.5 Å². The highest BCUT2D eigenvalue weighted by atomic mass is 15.3. The van der Waals surface area contributed by atoms with Gasteiger partial charge in [0.25, 0.3) is 0 Å². The maximum Gasteiger partial charge on any atom is 0.0624 e. The Bertz CT molecular complexity index is 451. The van der Waals surface area contributed by atoms with E-state index in [1.54, 1.807) is 0 Å². The molecule has 1 heterocycles. The number of nitrogens with two attached hydrogens (primary N) is 1. The fourth-order valence-corrected chi connectivity index (χ4v) is 4.56. The van der Waals surface area contributed by atoms with Crippen molar-refractivity contribution in [1.29, 1.82) is 0 Å². The Hall–Kier alpha value is -0.830. The number of nitrogens with zero attached hydrogens (tertiary/aromatic N) is 2. The van der Waals surface area contributed by atoms with E-state index in [0.29, 0.717) is 5.41 Å². The van der Waals surface area contributed by atoms with Crippen molar-refractivity contribution < 1.29 is 0 Å². The van der Waals surface area contributed by atoms with E-state index < -0.39 is 0 Å². The van der Waals surface area contributed by atoms with Crippen molar-refractivity contribution in [3.8, 4) is 0 Å². The van der Waals surface area contributed by atoms with Gasteiger partial charge in [-0.2, -0.15) is 5.10 Å². The molecule has 0 amide bonds. The van der Waals surface area contributed by atoms with Gasteiger partial charge < -0.3 is 5.73 Å². The number of aryl methyl sites for hydroxylation is 2. The average Bonchev–Trinajstić information content (AvgIpc) is 3.12. The van der Waals surface area contributed by atoms with Crippen LogP contribution in [0.15, 0.2) is 6.07 Å². The number of rotatable bonds is 5. The summed E-state index contributed by atoms with van der Waals surface area (Å²) >= 11 is 0. The molecule has 19 heavy (non-hydrogen) atoms. The third-order valence-corrected chi connectivity index (χ3v) is 5.62. The van der Waals surface area contributed by atoms with Crippen LogP contribution in [-0.2, 0) is 19.4 Å². The average molecular weight is 261 g/mol. The van der Waals surface area contributed by atoms with Crippen molar-refractivity contribution in [2.45, 2.75) is 58.9 Å². The van der Waals surface area contributed by atoms with E-state index in [9.17, 15) is 0 Å². The zero-order chi connectivity index (χ0) is 13.5. The highest BCUT2D eigenvalue weighted by Crippen LogP contribution is 2.56. The molecule has 3 nitrogen and oxygen atoms in total. The Kier molecular flexibility index (Phi) is 3.42. The van der Waals surface area contributed by atoms with E-state index in [4.69, 9.17) is 10.8 Å². The number of hydrogen-bond acceptors (Lipinski definition) is 2. The molecule has 0 radical (unpaired) electrons. The molecule has 2 N–H and O–H groups in total. The van der Waals surface area contributed by atoms with Gasteiger partial charge in [-0.25, -0.2) is 0 Å². The molecule has 1 aromatic rings. The van der Waals surface area contributed by atoms with E-state index in [1.807, 2.05) is 0 Å².